The monoisotopic (exact) mass is 151 g/mol. The lowest BCUT2D eigenvalue weighted by Gasteiger charge is -2.23. The largest absolute Gasteiger partial charge is 0.376 e. The van der Waals surface area contributed by atoms with Gasteiger partial charge >= 0.3 is 0 Å². The minimum absolute atomic E-state index is 0.738. The van der Waals surface area contributed by atoms with Gasteiger partial charge in [-0.2, -0.15) is 0 Å². The normalized spacial score (nSPS) is 19.9. The van der Waals surface area contributed by atoms with Crippen LogP contribution >= 0.6 is 0 Å². The quantitative estimate of drug-likeness (QED) is 0.586. The maximum atomic E-state index is 2.29. The molecule has 1 rings (SSSR count). The zero-order valence-electron chi connectivity index (χ0n) is 7.67. The van der Waals surface area contributed by atoms with Crippen molar-refractivity contribution >= 4 is 0 Å². The molecule has 1 nitrogen and oxygen atoms in total. The molecule has 11 heavy (non-hydrogen) atoms. The number of allylic oxidation sites excluding steroid dienone is 2. The van der Waals surface area contributed by atoms with Gasteiger partial charge in [0.05, 0.1) is 0 Å². The Morgan fingerprint density at radius 3 is 2.91 bits per heavy atom. The van der Waals surface area contributed by atoms with Crippen LogP contribution in [0, 0.1) is 5.92 Å². The number of rotatable bonds is 2. The van der Waals surface area contributed by atoms with Gasteiger partial charge in [0, 0.05) is 13.6 Å². The van der Waals surface area contributed by atoms with Crippen molar-refractivity contribution in [1.82, 2.24) is 4.90 Å². The highest BCUT2D eigenvalue weighted by Gasteiger charge is 2.08. The molecule has 1 heteroatoms. The van der Waals surface area contributed by atoms with Crippen molar-refractivity contribution in [3.63, 3.8) is 0 Å². The fourth-order valence-electron chi connectivity index (χ4n) is 1.29. The number of hydrogen-bond donors (Lipinski definition) is 0. The van der Waals surface area contributed by atoms with Crippen LogP contribution in [-0.4, -0.2) is 18.5 Å². The Balaban J connectivity index is 2.58. The van der Waals surface area contributed by atoms with Crippen LogP contribution in [0.5, 0.6) is 0 Å². The van der Waals surface area contributed by atoms with Gasteiger partial charge in [0.25, 0.3) is 0 Å². The minimum Gasteiger partial charge on any atom is -0.376 e. The number of hydrogen-bond acceptors (Lipinski definition) is 1. The van der Waals surface area contributed by atoms with Crippen molar-refractivity contribution < 1.29 is 0 Å². The van der Waals surface area contributed by atoms with Crippen LogP contribution in [0.25, 0.3) is 0 Å². The summed E-state index contributed by atoms with van der Waals surface area (Å²) < 4.78 is 0. The smallest absolute Gasteiger partial charge is 0.0385 e. The van der Waals surface area contributed by atoms with E-state index in [0.717, 1.165) is 12.5 Å². The predicted octanol–water partition coefficient (Wildman–Crippen LogP) is 2.42. The van der Waals surface area contributed by atoms with E-state index in [1.54, 1.807) is 5.57 Å². The highest BCUT2D eigenvalue weighted by atomic mass is 15.1. The van der Waals surface area contributed by atoms with E-state index in [1.807, 2.05) is 0 Å². The Hall–Kier alpha value is -0.720. The molecule has 62 valence electrons. The Bertz CT molecular complexity index is 179. The highest BCUT2D eigenvalue weighted by molar-refractivity contribution is 5.20. The summed E-state index contributed by atoms with van der Waals surface area (Å²) in [6.45, 7) is 5.63. The van der Waals surface area contributed by atoms with Crippen LogP contribution in [0.3, 0.4) is 0 Å². The minimum atomic E-state index is 0.738. The van der Waals surface area contributed by atoms with Gasteiger partial charge in [-0.05, 0) is 30.2 Å². The molecule has 0 aliphatic carbocycles. The standard InChI is InChI=1S/C10H17N/c1-4-9(2)10-6-5-7-11(3)8-10/h5-7,9H,4,8H2,1-3H3. The molecule has 0 fully saturated rings. The molecule has 0 aromatic carbocycles. The lowest BCUT2D eigenvalue weighted by molar-refractivity contribution is 0.456. The molecular weight excluding hydrogens is 134 g/mol. The predicted molar refractivity (Wildman–Crippen MR) is 49.3 cm³/mol. The molecule has 0 amide bonds. The van der Waals surface area contributed by atoms with Crippen molar-refractivity contribution in [2.24, 2.45) is 5.92 Å². The highest BCUT2D eigenvalue weighted by Crippen LogP contribution is 2.17. The van der Waals surface area contributed by atoms with E-state index < -0.39 is 0 Å². The maximum absolute atomic E-state index is 2.29. The lowest BCUT2D eigenvalue weighted by atomic mass is 9.96. The molecule has 1 atom stereocenters. The van der Waals surface area contributed by atoms with Gasteiger partial charge in [-0.15, -0.1) is 0 Å². The topological polar surface area (TPSA) is 3.24 Å². The third-order valence-electron chi connectivity index (χ3n) is 2.33. The van der Waals surface area contributed by atoms with Crippen LogP contribution < -0.4 is 0 Å². The summed E-state index contributed by atoms with van der Waals surface area (Å²) in [4.78, 5) is 2.22. The van der Waals surface area contributed by atoms with Crippen LogP contribution in [0.15, 0.2) is 23.9 Å². The second-order valence-corrected chi connectivity index (χ2v) is 3.31. The summed E-state index contributed by atoms with van der Waals surface area (Å²) in [6, 6.07) is 0. The van der Waals surface area contributed by atoms with Gasteiger partial charge in [-0.1, -0.05) is 19.9 Å². The van der Waals surface area contributed by atoms with Gasteiger partial charge in [0.15, 0.2) is 0 Å². The van der Waals surface area contributed by atoms with E-state index in [0.29, 0.717) is 0 Å². The Kier molecular flexibility index (Phi) is 2.75. The zero-order chi connectivity index (χ0) is 8.27. The fourth-order valence-corrected chi connectivity index (χ4v) is 1.29. The van der Waals surface area contributed by atoms with Crippen molar-refractivity contribution in [2.45, 2.75) is 20.3 Å². The molecule has 0 spiro atoms. The SMILES string of the molecule is CCC(C)C1=CC=CN(C)C1. The molecule has 0 saturated heterocycles. The summed E-state index contributed by atoms with van der Waals surface area (Å²) in [6.07, 6.45) is 7.73. The van der Waals surface area contributed by atoms with Gasteiger partial charge in [-0.3, -0.25) is 0 Å². The summed E-state index contributed by atoms with van der Waals surface area (Å²) >= 11 is 0. The molecule has 0 N–H and O–H groups in total. The van der Waals surface area contributed by atoms with Crippen molar-refractivity contribution in [1.29, 1.82) is 0 Å². The molecule has 1 aliphatic heterocycles. The molecule has 0 radical (unpaired) electrons. The molecule has 0 aromatic heterocycles. The average Bonchev–Trinajstić information content (AvgIpc) is 2.03. The van der Waals surface area contributed by atoms with Crippen molar-refractivity contribution in [3.8, 4) is 0 Å². The second kappa shape index (κ2) is 3.61. The summed E-state index contributed by atoms with van der Waals surface area (Å²) in [5.74, 6) is 0.738. The van der Waals surface area contributed by atoms with E-state index in [9.17, 15) is 0 Å². The third-order valence-corrected chi connectivity index (χ3v) is 2.33. The van der Waals surface area contributed by atoms with Crippen molar-refractivity contribution in [2.75, 3.05) is 13.6 Å². The maximum Gasteiger partial charge on any atom is 0.0385 e. The first kappa shape index (κ1) is 8.38. The molecule has 1 aliphatic rings. The van der Waals surface area contributed by atoms with E-state index >= 15 is 0 Å². The van der Waals surface area contributed by atoms with Gasteiger partial charge in [-0.25, -0.2) is 0 Å². The van der Waals surface area contributed by atoms with Gasteiger partial charge in [0.2, 0.25) is 0 Å². The van der Waals surface area contributed by atoms with E-state index in [-0.39, 0.29) is 0 Å². The molecule has 0 saturated carbocycles. The Morgan fingerprint density at radius 1 is 1.64 bits per heavy atom. The zero-order valence-corrected chi connectivity index (χ0v) is 7.67. The van der Waals surface area contributed by atoms with Crippen LogP contribution in [0.4, 0.5) is 0 Å². The summed E-state index contributed by atoms with van der Waals surface area (Å²) in [5, 5.41) is 0. The fraction of sp³-hybridized carbons (Fsp3) is 0.600. The van der Waals surface area contributed by atoms with E-state index in [2.05, 4.69) is 44.1 Å². The number of nitrogens with zero attached hydrogens (tertiary/aromatic N) is 1. The average molecular weight is 151 g/mol. The molecule has 0 aromatic rings. The van der Waals surface area contributed by atoms with Crippen LogP contribution in [-0.2, 0) is 0 Å². The second-order valence-electron chi connectivity index (χ2n) is 3.31. The first-order valence-corrected chi connectivity index (χ1v) is 4.31. The first-order valence-electron chi connectivity index (χ1n) is 4.31. The Morgan fingerprint density at radius 2 is 2.36 bits per heavy atom. The summed E-state index contributed by atoms with van der Waals surface area (Å²) in [5.41, 5.74) is 1.55. The van der Waals surface area contributed by atoms with Gasteiger partial charge < -0.3 is 4.90 Å². The first-order chi connectivity index (χ1) is 5.24. The molecular formula is C10H17N. The molecule has 1 heterocycles. The molecule has 0 bridgehead atoms. The third kappa shape index (κ3) is 2.11. The number of likely N-dealkylation sites (N-methyl/N-ethyl adjacent to an activating group) is 1. The summed E-state index contributed by atoms with van der Waals surface area (Å²) in [7, 11) is 2.12. The Labute approximate surface area is 69.4 Å². The molecule has 1 unspecified atom stereocenters. The van der Waals surface area contributed by atoms with E-state index in [1.165, 1.54) is 6.42 Å². The van der Waals surface area contributed by atoms with E-state index in [4.69, 9.17) is 0 Å². The van der Waals surface area contributed by atoms with Crippen molar-refractivity contribution in [3.05, 3.63) is 23.9 Å². The van der Waals surface area contributed by atoms with Crippen LogP contribution in [0.2, 0.25) is 0 Å². The lowest BCUT2D eigenvalue weighted by Crippen LogP contribution is -2.19. The van der Waals surface area contributed by atoms with Crippen LogP contribution in [0.1, 0.15) is 20.3 Å². The van der Waals surface area contributed by atoms with Gasteiger partial charge in [0.1, 0.15) is 0 Å².